The predicted molar refractivity (Wildman–Crippen MR) is 90.6 cm³/mol. The Morgan fingerprint density at radius 1 is 1.24 bits per heavy atom. The summed E-state index contributed by atoms with van der Waals surface area (Å²) in [6, 6.07) is 5.33. The van der Waals surface area contributed by atoms with Gasteiger partial charge in [-0.2, -0.15) is 5.10 Å². The Labute approximate surface area is 146 Å². The summed E-state index contributed by atoms with van der Waals surface area (Å²) in [5, 5.41) is 13.9. The average Bonchev–Trinajstić information content (AvgIpc) is 2.94. The number of ether oxygens (including phenoxy) is 1. The quantitative estimate of drug-likeness (QED) is 0.907. The fourth-order valence-electron chi connectivity index (χ4n) is 3.60. The van der Waals surface area contributed by atoms with Gasteiger partial charge in [-0.05, 0) is 50.8 Å². The molecule has 7 nitrogen and oxygen atoms in total. The Morgan fingerprint density at radius 2 is 1.96 bits per heavy atom. The Balaban J connectivity index is 1.39. The Bertz CT molecular complexity index is 781. The molecule has 2 fully saturated rings. The molecule has 2 aliphatic rings. The largest absolute Gasteiger partial charge is 0.506 e. The van der Waals surface area contributed by atoms with Crippen molar-refractivity contribution in [2.45, 2.75) is 32.3 Å². The summed E-state index contributed by atoms with van der Waals surface area (Å²) in [5.74, 6) is 2.13. The molecule has 132 valence electrons. The molecule has 0 radical (unpaired) electrons. The summed E-state index contributed by atoms with van der Waals surface area (Å²) in [6.45, 7) is 7.11. The van der Waals surface area contributed by atoms with Gasteiger partial charge < -0.3 is 14.7 Å². The summed E-state index contributed by atoms with van der Waals surface area (Å²) in [7, 11) is 0. The van der Waals surface area contributed by atoms with Crippen LogP contribution in [-0.4, -0.2) is 49.6 Å². The SMILES string of the molecule is CC(C)(C)OC(=O)N1C[C@@H]2[C@H](C1)[C@H]2c1ccn(-c2ccc(O)cn2)n1. The highest BCUT2D eigenvalue weighted by molar-refractivity contribution is 5.69. The molecule has 2 aromatic rings. The van der Waals surface area contributed by atoms with E-state index in [1.54, 1.807) is 21.7 Å². The molecule has 1 N–H and O–H groups in total. The molecule has 0 aromatic carbocycles. The minimum Gasteiger partial charge on any atom is -0.506 e. The van der Waals surface area contributed by atoms with E-state index in [1.165, 1.54) is 6.20 Å². The molecule has 1 aliphatic carbocycles. The van der Waals surface area contributed by atoms with Gasteiger partial charge in [-0.1, -0.05) is 0 Å². The first-order valence-electron chi connectivity index (χ1n) is 8.51. The van der Waals surface area contributed by atoms with Gasteiger partial charge in [-0.3, -0.25) is 0 Å². The number of carbonyl (C=O) groups is 1. The molecule has 3 atom stereocenters. The number of hydrogen-bond donors (Lipinski definition) is 1. The molecule has 1 amide bonds. The smallest absolute Gasteiger partial charge is 0.410 e. The molecule has 0 unspecified atom stereocenters. The van der Waals surface area contributed by atoms with Crippen LogP contribution >= 0.6 is 0 Å². The van der Waals surface area contributed by atoms with Gasteiger partial charge in [-0.15, -0.1) is 0 Å². The molecule has 7 heteroatoms. The van der Waals surface area contributed by atoms with E-state index < -0.39 is 5.60 Å². The zero-order valence-electron chi connectivity index (χ0n) is 14.6. The second kappa shape index (κ2) is 5.47. The van der Waals surface area contributed by atoms with Crippen molar-refractivity contribution in [2.24, 2.45) is 11.8 Å². The summed E-state index contributed by atoms with van der Waals surface area (Å²) in [6.07, 6.45) is 3.06. The van der Waals surface area contributed by atoms with Crippen molar-refractivity contribution in [3.63, 3.8) is 0 Å². The molecule has 1 saturated heterocycles. The van der Waals surface area contributed by atoms with Crippen LogP contribution in [0.3, 0.4) is 0 Å². The van der Waals surface area contributed by atoms with E-state index in [0.717, 1.165) is 18.8 Å². The third kappa shape index (κ3) is 3.06. The number of aromatic nitrogens is 3. The van der Waals surface area contributed by atoms with Crippen molar-refractivity contribution in [1.29, 1.82) is 0 Å². The maximum Gasteiger partial charge on any atom is 0.410 e. The summed E-state index contributed by atoms with van der Waals surface area (Å²) in [5.41, 5.74) is 0.577. The van der Waals surface area contributed by atoms with E-state index in [1.807, 2.05) is 33.0 Å². The molecule has 0 bridgehead atoms. The molecule has 3 heterocycles. The minimum atomic E-state index is -0.459. The number of piperidine rings is 1. The second-order valence-corrected chi connectivity index (χ2v) is 7.80. The van der Waals surface area contributed by atoms with Crippen LogP contribution in [0.2, 0.25) is 0 Å². The van der Waals surface area contributed by atoms with E-state index in [9.17, 15) is 9.90 Å². The van der Waals surface area contributed by atoms with E-state index >= 15 is 0 Å². The number of nitrogens with zero attached hydrogens (tertiary/aromatic N) is 4. The fourth-order valence-corrected chi connectivity index (χ4v) is 3.60. The number of carbonyl (C=O) groups excluding carboxylic acids is 1. The van der Waals surface area contributed by atoms with Crippen molar-refractivity contribution < 1.29 is 14.6 Å². The molecule has 0 spiro atoms. The number of pyridine rings is 1. The number of hydrogen-bond acceptors (Lipinski definition) is 5. The maximum absolute atomic E-state index is 12.1. The summed E-state index contributed by atoms with van der Waals surface area (Å²) < 4.78 is 7.16. The summed E-state index contributed by atoms with van der Waals surface area (Å²) >= 11 is 0. The van der Waals surface area contributed by atoms with Gasteiger partial charge in [0.05, 0.1) is 11.9 Å². The van der Waals surface area contributed by atoms with Gasteiger partial charge in [0.2, 0.25) is 0 Å². The van der Waals surface area contributed by atoms with Crippen molar-refractivity contribution in [1.82, 2.24) is 19.7 Å². The molecule has 25 heavy (non-hydrogen) atoms. The van der Waals surface area contributed by atoms with E-state index in [2.05, 4.69) is 10.1 Å². The topological polar surface area (TPSA) is 80.5 Å². The number of aromatic hydroxyl groups is 1. The first kappa shape index (κ1) is 15.9. The van der Waals surface area contributed by atoms with Crippen LogP contribution in [0.5, 0.6) is 5.75 Å². The third-order valence-corrected chi connectivity index (χ3v) is 4.76. The van der Waals surface area contributed by atoms with Gasteiger partial charge in [0.25, 0.3) is 0 Å². The standard InChI is InChI=1S/C18H22N4O3/c1-18(2,3)25-17(24)21-9-12-13(10-21)16(12)14-6-7-22(20-14)15-5-4-11(23)8-19-15/h4-8,12-13,16,23H,9-10H2,1-3H3/t12-,13+,16+. The zero-order valence-corrected chi connectivity index (χ0v) is 14.6. The first-order chi connectivity index (χ1) is 11.8. The monoisotopic (exact) mass is 342 g/mol. The first-order valence-corrected chi connectivity index (χ1v) is 8.51. The molecular weight excluding hydrogens is 320 g/mol. The fraction of sp³-hybridized carbons (Fsp3) is 0.500. The molecule has 4 rings (SSSR count). The second-order valence-electron chi connectivity index (χ2n) is 7.80. The minimum absolute atomic E-state index is 0.134. The number of fused-ring (bicyclic) bond motifs is 1. The van der Waals surface area contributed by atoms with Gasteiger partial charge in [-0.25, -0.2) is 14.5 Å². The van der Waals surface area contributed by atoms with Crippen LogP contribution in [0.1, 0.15) is 32.4 Å². The highest BCUT2D eigenvalue weighted by atomic mass is 16.6. The molecule has 1 aliphatic heterocycles. The van der Waals surface area contributed by atoms with Crippen molar-refractivity contribution in [3.05, 3.63) is 36.3 Å². The van der Waals surface area contributed by atoms with Gasteiger partial charge >= 0.3 is 6.09 Å². The molecular formula is C18H22N4O3. The maximum atomic E-state index is 12.1. The van der Waals surface area contributed by atoms with Gasteiger partial charge in [0.15, 0.2) is 5.82 Å². The zero-order chi connectivity index (χ0) is 17.8. The van der Waals surface area contributed by atoms with Gasteiger partial charge in [0, 0.05) is 25.2 Å². The van der Waals surface area contributed by atoms with Crippen molar-refractivity contribution in [2.75, 3.05) is 13.1 Å². The highest BCUT2D eigenvalue weighted by Gasteiger charge is 2.58. The number of likely N-dealkylation sites (tertiary alicyclic amines) is 1. The normalized spacial score (nSPS) is 24.9. The molecule has 1 saturated carbocycles. The lowest BCUT2D eigenvalue weighted by atomic mass is 10.2. The van der Waals surface area contributed by atoms with E-state index in [-0.39, 0.29) is 11.8 Å². The van der Waals surface area contributed by atoms with Crippen LogP contribution in [0, 0.1) is 11.8 Å². The van der Waals surface area contributed by atoms with E-state index in [4.69, 9.17) is 4.74 Å². The summed E-state index contributed by atoms with van der Waals surface area (Å²) in [4.78, 5) is 18.1. The van der Waals surface area contributed by atoms with Crippen LogP contribution in [0.25, 0.3) is 5.82 Å². The van der Waals surface area contributed by atoms with Crippen LogP contribution in [0.15, 0.2) is 30.6 Å². The number of rotatable bonds is 2. The van der Waals surface area contributed by atoms with Crippen LogP contribution in [-0.2, 0) is 4.74 Å². The lowest BCUT2D eigenvalue weighted by Crippen LogP contribution is -2.36. The highest BCUT2D eigenvalue weighted by Crippen LogP contribution is 2.57. The molecule has 2 aromatic heterocycles. The van der Waals surface area contributed by atoms with Crippen molar-refractivity contribution in [3.8, 4) is 11.6 Å². The lowest BCUT2D eigenvalue weighted by Gasteiger charge is -2.25. The third-order valence-electron chi connectivity index (χ3n) is 4.76. The van der Waals surface area contributed by atoms with Crippen LogP contribution in [0.4, 0.5) is 4.79 Å². The number of amides is 1. The Hall–Kier alpha value is -2.57. The lowest BCUT2D eigenvalue weighted by molar-refractivity contribution is 0.0270. The van der Waals surface area contributed by atoms with Crippen molar-refractivity contribution >= 4 is 6.09 Å². The van der Waals surface area contributed by atoms with Gasteiger partial charge in [0.1, 0.15) is 11.4 Å². The average molecular weight is 342 g/mol. The van der Waals surface area contributed by atoms with E-state index in [0.29, 0.717) is 23.6 Å². The Kier molecular flexibility index (Phi) is 3.49. The van der Waals surface area contributed by atoms with Crippen LogP contribution < -0.4 is 0 Å². The predicted octanol–water partition coefficient (Wildman–Crippen LogP) is 2.55. The Morgan fingerprint density at radius 3 is 2.56 bits per heavy atom.